The molecule has 0 saturated carbocycles. The predicted molar refractivity (Wildman–Crippen MR) is 132 cm³/mol. The molecule has 3 aromatic carbocycles. The van der Waals surface area contributed by atoms with Gasteiger partial charge in [0.05, 0.1) is 17.6 Å². The Hall–Kier alpha value is -2.89. The van der Waals surface area contributed by atoms with Crippen molar-refractivity contribution in [2.75, 3.05) is 11.9 Å². The molecule has 1 atom stereocenters. The van der Waals surface area contributed by atoms with Gasteiger partial charge in [0.25, 0.3) is 0 Å². The van der Waals surface area contributed by atoms with Crippen LogP contribution in [-0.4, -0.2) is 16.8 Å². The van der Waals surface area contributed by atoms with Gasteiger partial charge in [-0.05, 0) is 65.5 Å². The maximum Gasteiger partial charge on any atom is 0.198 e. The van der Waals surface area contributed by atoms with Gasteiger partial charge in [-0.1, -0.05) is 72.4 Å². The molecule has 30 heavy (non-hydrogen) atoms. The molecule has 0 spiro atoms. The molecule has 0 amide bonds. The average Bonchev–Trinajstić information content (AvgIpc) is 3.19. The second kappa shape index (κ2) is 9.74. The summed E-state index contributed by atoms with van der Waals surface area (Å²) in [5, 5.41) is 6.82. The SMILES string of the molecule is CCOc1ccc(C2=CS/C(=N/C(=S)Nc3ccccc3)C2c2ccccc2)cc1. The smallest absolute Gasteiger partial charge is 0.198 e. The van der Waals surface area contributed by atoms with Gasteiger partial charge in [-0.3, -0.25) is 0 Å². The lowest BCUT2D eigenvalue weighted by Gasteiger charge is -2.17. The normalized spacial score (nSPS) is 16.9. The molecule has 0 radical (unpaired) electrons. The van der Waals surface area contributed by atoms with E-state index in [9.17, 15) is 0 Å². The van der Waals surface area contributed by atoms with Crippen LogP contribution in [0.15, 0.2) is 95.3 Å². The van der Waals surface area contributed by atoms with Crippen LogP contribution in [0.2, 0.25) is 0 Å². The van der Waals surface area contributed by atoms with Crippen molar-refractivity contribution in [3.63, 3.8) is 0 Å². The summed E-state index contributed by atoms with van der Waals surface area (Å²) in [7, 11) is 0. The summed E-state index contributed by atoms with van der Waals surface area (Å²) in [5.74, 6) is 0.926. The molecule has 0 aliphatic carbocycles. The van der Waals surface area contributed by atoms with Crippen molar-refractivity contribution in [3.8, 4) is 5.75 Å². The number of aliphatic imine (C=N–C) groups is 1. The Labute approximate surface area is 186 Å². The molecule has 5 heteroatoms. The molecule has 150 valence electrons. The van der Waals surface area contributed by atoms with Gasteiger partial charge >= 0.3 is 0 Å². The van der Waals surface area contributed by atoms with E-state index in [0.717, 1.165) is 22.0 Å². The summed E-state index contributed by atoms with van der Waals surface area (Å²) in [6.07, 6.45) is 0. The molecular weight excluding hydrogens is 408 g/mol. The third kappa shape index (κ3) is 4.81. The number of benzene rings is 3. The van der Waals surface area contributed by atoms with E-state index in [0.29, 0.717) is 11.7 Å². The zero-order valence-corrected chi connectivity index (χ0v) is 18.2. The topological polar surface area (TPSA) is 33.6 Å². The fourth-order valence-corrected chi connectivity index (χ4v) is 4.71. The van der Waals surface area contributed by atoms with Crippen LogP contribution in [0.4, 0.5) is 5.69 Å². The highest BCUT2D eigenvalue weighted by molar-refractivity contribution is 8.17. The lowest BCUT2D eigenvalue weighted by Crippen LogP contribution is -2.13. The number of para-hydroxylation sites is 1. The summed E-state index contributed by atoms with van der Waals surface area (Å²) in [4.78, 5) is 4.78. The molecule has 1 aliphatic rings. The minimum Gasteiger partial charge on any atom is -0.494 e. The van der Waals surface area contributed by atoms with E-state index < -0.39 is 0 Å². The van der Waals surface area contributed by atoms with Crippen molar-refractivity contribution in [2.24, 2.45) is 4.99 Å². The van der Waals surface area contributed by atoms with E-state index in [1.54, 1.807) is 11.8 Å². The molecule has 1 heterocycles. The number of nitrogens with zero attached hydrogens (tertiary/aromatic N) is 1. The van der Waals surface area contributed by atoms with Crippen LogP contribution in [0.5, 0.6) is 5.75 Å². The van der Waals surface area contributed by atoms with Crippen molar-refractivity contribution < 1.29 is 4.74 Å². The summed E-state index contributed by atoms with van der Waals surface area (Å²) in [5.41, 5.74) is 4.51. The van der Waals surface area contributed by atoms with Crippen molar-refractivity contribution in [1.82, 2.24) is 0 Å². The Kier molecular flexibility index (Phi) is 6.62. The van der Waals surface area contributed by atoms with E-state index in [4.69, 9.17) is 21.9 Å². The third-order valence-corrected chi connectivity index (χ3v) is 5.87. The third-order valence-electron chi connectivity index (χ3n) is 4.73. The molecule has 3 aromatic rings. The second-order valence-corrected chi connectivity index (χ2v) is 8.01. The predicted octanol–water partition coefficient (Wildman–Crippen LogP) is 6.75. The highest BCUT2D eigenvalue weighted by Crippen LogP contribution is 2.44. The monoisotopic (exact) mass is 430 g/mol. The van der Waals surface area contributed by atoms with E-state index in [-0.39, 0.29) is 5.92 Å². The minimum absolute atomic E-state index is 0.0460. The number of allylic oxidation sites excluding steroid dienone is 1. The zero-order valence-electron chi connectivity index (χ0n) is 16.6. The molecule has 4 rings (SSSR count). The summed E-state index contributed by atoms with van der Waals surface area (Å²) < 4.78 is 5.59. The molecule has 1 N–H and O–H groups in total. The lowest BCUT2D eigenvalue weighted by atomic mass is 9.88. The van der Waals surface area contributed by atoms with Crippen LogP contribution in [0.3, 0.4) is 0 Å². The Bertz CT molecular complexity index is 1060. The van der Waals surface area contributed by atoms with Crippen molar-refractivity contribution in [3.05, 3.63) is 101 Å². The first-order chi connectivity index (χ1) is 14.7. The molecule has 1 aliphatic heterocycles. The maximum atomic E-state index is 5.59. The van der Waals surface area contributed by atoms with Crippen LogP contribution in [0, 0.1) is 0 Å². The first kappa shape index (κ1) is 20.4. The van der Waals surface area contributed by atoms with E-state index >= 15 is 0 Å². The number of ether oxygens (including phenoxy) is 1. The largest absolute Gasteiger partial charge is 0.494 e. The number of hydrogen-bond donors (Lipinski definition) is 1. The molecule has 0 fully saturated rings. The van der Waals surface area contributed by atoms with Crippen LogP contribution in [0.1, 0.15) is 24.0 Å². The van der Waals surface area contributed by atoms with Crippen molar-refractivity contribution in [1.29, 1.82) is 0 Å². The number of thioether (sulfide) groups is 1. The highest BCUT2D eigenvalue weighted by atomic mass is 32.2. The van der Waals surface area contributed by atoms with E-state index in [1.807, 2.05) is 55.5 Å². The number of anilines is 1. The molecular formula is C25H22N2OS2. The van der Waals surface area contributed by atoms with Gasteiger partial charge in [-0.15, -0.1) is 0 Å². The second-order valence-electron chi connectivity index (χ2n) is 6.74. The Morgan fingerprint density at radius 3 is 2.30 bits per heavy atom. The summed E-state index contributed by atoms with van der Waals surface area (Å²) >= 11 is 7.16. The number of nitrogens with one attached hydrogen (secondary N) is 1. The van der Waals surface area contributed by atoms with Gasteiger partial charge in [0.15, 0.2) is 5.11 Å². The van der Waals surface area contributed by atoms with Crippen LogP contribution in [0.25, 0.3) is 5.57 Å². The molecule has 0 saturated heterocycles. The molecule has 0 aromatic heterocycles. The fraction of sp³-hybridized carbons (Fsp3) is 0.120. The van der Waals surface area contributed by atoms with Gasteiger partial charge in [0, 0.05) is 5.69 Å². The van der Waals surface area contributed by atoms with Gasteiger partial charge in [-0.25, -0.2) is 4.99 Å². The highest BCUT2D eigenvalue weighted by Gasteiger charge is 2.29. The van der Waals surface area contributed by atoms with Gasteiger partial charge in [0.1, 0.15) is 5.75 Å². The molecule has 0 bridgehead atoms. The standard InChI is InChI=1S/C25H22N2OS2/c1-2-28-21-15-13-18(14-16-21)22-17-30-24(23(22)19-9-5-3-6-10-19)27-25(29)26-20-11-7-4-8-12-20/h3-17,23H,2H2,1H3,(H,26,29)/b27-24+. The van der Waals surface area contributed by atoms with Crippen LogP contribution < -0.4 is 10.1 Å². The fourth-order valence-electron chi connectivity index (χ4n) is 3.37. The van der Waals surface area contributed by atoms with Crippen molar-refractivity contribution in [2.45, 2.75) is 12.8 Å². The lowest BCUT2D eigenvalue weighted by molar-refractivity contribution is 0.340. The van der Waals surface area contributed by atoms with Gasteiger partial charge in [-0.2, -0.15) is 0 Å². The Morgan fingerprint density at radius 2 is 1.63 bits per heavy atom. The number of hydrogen-bond acceptors (Lipinski definition) is 3. The molecule has 1 unspecified atom stereocenters. The number of thiocarbonyl (C=S) groups is 1. The van der Waals surface area contributed by atoms with E-state index in [1.165, 1.54) is 11.1 Å². The Morgan fingerprint density at radius 1 is 0.967 bits per heavy atom. The van der Waals surface area contributed by atoms with Crippen LogP contribution in [-0.2, 0) is 0 Å². The quantitative estimate of drug-likeness (QED) is 0.454. The van der Waals surface area contributed by atoms with Gasteiger partial charge < -0.3 is 10.1 Å². The van der Waals surface area contributed by atoms with Gasteiger partial charge in [0.2, 0.25) is 0 Å². The van der Waals surface area contributed by atoms with E-state index in [2.05, 4.69) is 47.1 Å². The summed E-state index contributed by atoms with van der Waals surface area (Å²) in [6.45, 7) is 2.65. The summed E-state index contributed by atoms with van der Waals surface area (Å²) in [6, 6.07) is 28.6. The maximum absolute atomic E-state index is 5.59. The Balaban J connectivity index is 1.62. The number of rotatable bonds is 5. The zero-order chi connectivity index (χ0) is 20.8. The van der Waals surface area contributed by atoms with Crippen LogP contribution >= 0.6 is 24.0 Å². The van der Waals surface area contributed by atoms with Crippen molar-refractivity contribution >= 4 is 45.4 Å². The first-order valence-corrected chi connectivity index (χ1v) is 11.1. The molecule has 3 nitrogen and oxygen atoms in total. The minimum atomic E-state index is 0.0460. The first-order valence-electron chi connectivity index (χ1n) is 9.84. The average molecular weight is 431 g/mol.